The Morgan fingerprint density at radius 3 is 2.57 bits per heavy atom. The van der Waals surface area contributed by atoms with Gasteiger partial charge in [-0.25, -0.2) is 8.42 Å². The summed E-state index contributed by atoms with van der Waals surface area (Å²) in [4.78, 5) is 0.211. The van der Waals surface area contributed by atoms with E-state index in [2.05, 4.69) is 16.4 Å². The largest absolute Gasteiger partial charge is 0.409 e. The standard InChI is InChI=1S/C14H19N3O3S/c1-2-3-4-9-16-10-11-21(19,20)13-7-5-12(6-8-13)14(15)17-18/h1,5-8,16,18H,3-4,9-11H2,(H2,15,17). The number of hydrogen-bond donors (Lipinski definition) is 3. The van der Waals surface area contributed by atoms with E-state index in [-0.39, 0.29) is 16.5 Å². The first-order chi connectivity index (χ1) is 10.0. The summed E-state index contributed by atoms with van der Waals surface area (Å²) in [5, 5.41) is 14.4. The van der Waals surface area contributed by atoms with Crippen LogP contribution in [0.3, 0.4) is 0 Å². The quantitative estimate of drug-likeness (QED) is 0.162. The van der Waals surface area contributed by atoms with Crippen LogP contribution in [-0.4, -0.2) is 38.3 Å². The molecule has 0 radical (unpaired) electrons. The van der Waals surface area contributed by atoms with E-state index >= 15 is 0 Å². The number of benzene rings is 1. The Bertz CT molecular complexity index is 616. The van der Waals surface area contributed by atoms with Gasteiger partial charge in [-0.2, -0.15) is 0 Å². The highest BCUT2D eigenvalue weighted by molar-refractivity contribution is 7.91. The highest BCUT2D eigenvalue weighted by Crippen LogP contribution is 2.12. The number of terminal acetylenes is 1. The first-order valence-corrected chi connectivity index (χ1v) is 8.11. The van der Waals surface area contributed by atoms with Gasteiger partial charge in [-0.05, 0) is 37.2 Å². The zero-order valence-electron chi connectivity index (χ0n) is 11.6. The third-order valence-corrected chi connectivity index (χ3v) is 4.57. The molecule has 1 aromatic carbocycles. The van der Waals surface area contributed by atoms with Crippen LogP contribution in [-0.2, 0) is 9.84 Å². The highest BCUT2D eigenvalue weighted by atomic mass is 32.2. The minimum atomic E-state index is -3.35. The Balaban J connectivity index is 2.57. The molecule has 0 spiro atoms. The van der Waals surface area contributed by atoms with Gasteiger partial charge in [-0.15, -0.1) is 12.3 Å². The van der Waals surface area contributed by atoms with Crippen molar-refractivity contribution in [1.29, 1.82) is 0 Å². The fraction of sp³-hybridized carbons (Fsp3) is 0.357. The average Bonchev–Trinajstić information content (AvgIpc) is 2.50. The van der Waals surface area contributed by atoms with Crippen molar-refractivity contribution in [2.24, 2.45) is 10.9 Å². The summed E-state index contributed by atoms with van der Waals surface area (Å²) in [6.07, 6.45) is 6.63. The van der Waals surface area contributed by atoms with Crippen molar-refractivity contribution in [3.8, 4) is 12.3 Å². The summed E-state index contributed by atoms with van der Waals surface area (Å²) in [5.74, 6) is 2.47. The van der Waals surface area contributed by atoms with Crippen molar-refractivity contribution in [3.63, 3.8) is 0 Å². The normalized spacial score (nSPS) is 12.0. The lowest BCUT2D eigenvalue weighted by atomic mass is 10.2. The summed E-state index contributed by atoms with van der Waals surface area (Å²) >= 11 is 0. The molecule has 0 saturated heterocycles. The molecule has 6 nitrogen and oxygen atoms in total. The van der Waals surface area contributed by atoms with E-state index in [1.165, 1.54) is 24.3 Å². The topological polar surface area (TPSA) is 105 Å². The van der Waals surface area contributed by atoms with Crippen molar-refractivity contribution < 1.29 is 13.6 Å². The molecule has 0 saturated carbocycles. The Kier molecular flexibility index (Phi) is 6.72. The van der Waals surface area contributed by atoms with Crippen LogP contribution >= 0.6 is 0 Å². The highest BCUT2D eigenvalue weighted by Gasteiger charge is 2.14. The predicted octanol–water partition coefficient (Wildman–Crippen LogP) is 0.558. The van der Waals surface area contributed by atoms with Gasteiger partial charge in [0, 0.05) is 18.5 Å². The number of nitrogens with one attached hydrogen (secondary N) is 1. The molecular formula is C14H19N3O3S. The molecule has 0 aliphatic carbocycles. The molecule has 0 unspecified atom stereocenters. The van der Waals surface area contributed by atoms with Gasteiger partial charge in [0.2, 0.25) is 0 Å². The minimum absolute atomic E-state index is 0.00592. The summed E-state index contributed by atoms with van der Waals surface area (Å²) < 4.78 is 24.2. The zero-order valence-corrected chi connectivity index (χ0v) is 12.4. The predicted molar refractivity (Wildman–Crippen MR) is 81.9 cm³/mol. The number of nitrogens with zero attached hydrogens (tertiary/aromatic N) is 1. The first-order valence-electron chi connectivity index (χ1n) is 6.46. The molecule has 114 valence electrons. The molecule has 4 N–H and O–H groups in total. The van der Waals surface area contributed by atoms with E-state index in [1.54, 1.807) is 0 Å². The molecule has 7 heteroatoms. The Morgan fingerprint density at radius 1 is 1.33 bits per heavy atom. The molecule has 21 heavy (non-hydrogen) atoms. The van der Waals surface area contributed by atoms with E-state index in [9.17, 15) is 8.42 Å². The van der Waals surface area contributed by atoms with E-state index in [4.69, 9.17) is 17.4 Å². The number of nitrogens with two attached hydrogens (primary N) is 1. The van der Waals surface area contributed by atoms with Crippen LogP contribution in [0.5, 0.6) is 0 Å². The number of rotatable bonds is 8. The molecule has 1 rings (SSSR count). The van der Waals surface area contributed by atoms with Gasteiger partial charge < -0.3 is 16.3 Å². The lowest BCUT2D eigenvalue weighted by Gasteiger charge is -2.06. The van der Waals surface area contributed by atoms with E-state index in [0.29, 0.717) is 25.1 Å². The number of amidine groups is 1. The number of unbranched alkanes of at least 4 members (excludes halogenated alkanes) is 1. The van der Waals surface area contributed by atoms with Gasteiger partial charge in [0.05, 0.1) is 10.6 Å². The molecule has 0 heterocycles. The average molecular weight is 309 g/mol. The Hall–Kier alpha value is -2.04. The maximum atomic E-state index is 12.1. The Morgan fingerprint density at radius 2 is 2.00 bits per heavy atom. The maximum Gasteiger partial charge on any atom is 0.179 e. The van der Waals surface area contributed by atoms with Crippen LogP contribution in [0.25, 0.3) is 0 Å². The summed E-state index contributed by atoms with van der Waals surface area (Å²) in [7, 11) is -3.35. The Labute approximate surface area is 125 Å². The molecule has 0 bridgehead atoms. The summed E-state index contributed by atoms with van der Waals surface area (Å²) in [6.45, 7) is 1.07. The monoisotopic (exact) mass is 309 g/mol. The maximum absolute atomic E-state index is 12.1. The fourth-order valence-electron chi connectivity index (χ4n) is 1.66. The van der Waals surface area contributed by atoms with Crippen LogP contribution in [0, 0.1) is 12.3 Å². The van der Waals surface area contributed by atoms with Crippen LogP contribution < -0.4 is 11.1 Å². The van der Waals surface area contributed by atoms with E-state index in [0.717, 1.165) is 6.42 Å². The lowest BCUT2D eigenvalue weighted by Crippen LogP contribution is -2.24. The summed E-state index contributed by atoms with van der Waals surface area (Å²) in [6, 6.07) is 5.90. The second kappa shape index (κ2) is 8.29. The molecule has 1 aromatic rings. The molecule has 0 aliphatic heterocycles. The van der Waals surface area contributed by atoms with Crippen molar-refractivity contribution >= 4 is 15.7 Å². The van der Waals surface area contributed by atoms with Crippen LogP contribution in [0.1, 0.15) is 18.4 Å². The van der Waals surface area contributed by atoms with Gasteiger partial charge >= 0.3 is 0 Å². The SMILES string of the molecule is C#CCCCNCCS(=O)(=O)c1ccc(/C(N)=N\O)cc1. The third-order valence-electron chi connectivity index (χ3n) is 2.84. The fourth-order valence-corrected chi connectivity index (χ4v) is 2.86. The molecule has 0 atom stereocenters. The smallest absolute Gasteiger partial charge is 0.179 e. The zero-order chi connectivity index (χ0) is 15.7. The molecular weight excluding hydrogens is 290 g/mol. The van der Waals surface area contributed by atoms with Crippen molar-refractivity contribution in [2.75, 3.05) is 18.8 Å². The van der Waals surface area contributed by atoms with Crippen molar-refractivity contribution in [2.45, 2.75) is 17.7 Å². The molecule has 0 aliphatic rings. The number of sulfone groups is 1. The molecule has 0 aromatic heterocycles. The number of hydrogen-bond acceptors (Lipinski definition) is 5. The minimum Gasteiger partial charge on any atom is -0.409 e. The lowest BCUT2D eigenvalue weighted by molar-refractivity contribution is 0.318. The second-order valence-electron chi connectivity index (χ2n) is 4.39. The van der Waals surface area contributed by atoms with Gasteiger partial charge in [-0.1, -0.05) is 5.16 Å². The molecule has 0 fully saturated rings. The van der Waals surface area contributed by atoms with Crippen LogP contribution in [0.4, 0.5) is 0 Å². The van der Waals surface area contributed by atoms with Crippen molar-refractivity contribution in [1.82, 2.24) is 5.32 Å². The van der Waals surface area contributed by atoms with Crippen LogP contribution in [0.2, 0.25) is 0 Å². The summed E-state index contributed by atoms with van der Waals surface area (Å²) in [5.41, 5.74) is 5.88. The van der Waals surface area contributed by atoms with E-state index < -0.39 is 9.84 Å². The van der Waals surface area contributed by atoms with Gasteiger partial charge in [0.25, 0.3) is 0 Å². The van der Waals surface area contributed by atoms with E-state index in [1.807, 2.05) is 0 Å². The van der Waals surface area contributed by atoms with Gasteiger partial charge in [0.1, 0.15) is 0 Å². The van der Waals surface area contributed by atoms with Crippen LogP contribution in [0.15, 0.2) is 34.3 Å². The van der Waals surface area contributed by atoms with Gasteiger partial charge in [0.15, 0.2) is 15.7 Å². The number of oxime groups is 1. The first kappa shape index (κ1) is 17.0. The second-order valence-corrected chi connectivity index (χ2v) is 6.50. The van der Waals surface area contributed by atoms with Gasteiger partial charge in [-0.3, -0.25) is 0 Å². The third kappa shape index (κ3) is 5.45. The molecule has 0 amide bonds. The van der Waals surface area contributed by atoms with Crippen molar-refractivity contribution in [3.05, 3.63) is 29.8 Å².